The van der Waals surface area contributed by atoms with E-state index in [1.807, 2.05) is 34.0 Å². The second-order valence-corrected chi connectivity index (χ2v) is 23.5. The van der Waals surface area contributed by atoms with E-state index < -0.39 is 0 Å². The molecular formula is C66H66O6S3. The van der Waals surface area contributed by atoms with Gasteiger partial charge in [-0.15, -0.1) is 34.0 Å². The summed E-state index contributed by atoms with van der Waals surface area (Å²) in [5, 5.41) is 33.7. The summed E-state index contributed by atoms with van der Waals surface area (Å²) in [5.74, 6) is 4.95. The van der Waals surface area contributed by atoms with Gasteiger partial charge in [-0.05, 0) is 158 Å². The van der Waals surface area contributed by atoms with Crippen LogP contribution in [0.5, 0.6) is 34.5 Å². The van der Waals surface area contributed by atoms with Crippen molar-refractivity contribution >= 4 is 161 Å². The minimum absolute atomic E-state index is 0.637. The first-order valence-corrected chi connectivity index (χ1v) is 30.7. The van der Waals surface area contributed by atoms with E-state index in [1.165, 1.54) is 127 Å². The van der Waals surface area contributed by atoms with E-state index in [0.717, 1.165) is 112 Å². The molecular weight excluding hydrogens is 985 g/mol. The van der Waals surface area contributed by atoms with Crippen molar-refractivity contribution in [2.75, 3.05) is 39.6 Å². The van der Waals surface area contributed by atoms with Gasteiger partial charge >= 0.3 is 0 Å². The van der Waals surface area contributed by atoms with Crippen LogP contribution in [0.15, 0.2) is 70.7 Å². The average molecular weight is 1050 g/mol. The molecule has 0 atom stereocenters. The van der Waals surface area contributed by atoms with E-state index in [1.54, 1.807) is 0 Å². The molecule has 0 radical (unpaired) electrons. The predicted molar refractivity (Wildman–Crippen MR) is 326 cm³/mol. The molecule has 0 aliphatic heterocycles. The molecule has 13 aromatic rings. The van der Waals surface area contributed by atoms with Gasteiger partial charge in [-0.2, -0.15) is 0 Å². The number of hydrogen-bond donors (Lipinski definition) is 0. The molecule has 0 fully saturated rings. The Balaban J connectivity index is 1.31. The third-order valence-electron chi connectivity index (χ3n) is 15.9. The molecule has 0 N–H and O–H groups in total. The van der Waals surface area contributed by atoms with Gasteiger partial charge in [-0.1, -0.05) is 80.1 Å². The summed E-state index contributed by atoms with van der Waals surface area (Å²) >= 11 is 5.57. The lowest BCUT2D eigenvalue weighted by Crippen LogP contribution is -2.04. The third kappa shape index (κ3) is 7.56. The summed E-state index contributed by atoms with van der Waals surface area (Å²) in [7, 11) is 0. The molecule has 10 aromatic carbocycles. The van der Waals surface area contributed by atoms with Crippen LogP contribution in [-0.2, 0) is 0 Å². The van der Waals surface area contributed by atoms with E-state index in [9.17, 15) is 0 Å². The molecule has 3 heterocycles. The maximum Gasteiger partial charge on any atom is 0.161 e. The minimum atomic E-state index is 0.637. The van der Waals surface area contributed by atoms with E-state index in [0.29, 0.717) is 39.6 Å². The zero-order valence-electron chi connectivity index (χ0n) is 44.3. The Hall–Kier alpha value is -6.00. The molecule has 0 saturated carbocycles. The molecule has 0 aliphatic rings. The molecule has 0 aliphatic carbocycles. The van der Waals surface area contributed by atoms with Gasteiger partial charge in [0.05, 0.1) is 39.6 Å². The summed E-state index contributed by atoms with van der Waals surface area (Å²) in [6, 6.07) is 21.2. The second kappa shape index (κ2) is 20.2. The van der Waals surface area contributed by atoms with Gasteiger partial charge in [0.25, 0.3) is 0 Å². The van der Waals surface area contributed by atoms with Gasteiger partial charge in [0.2, 0.25) is 0 Å². The summed E-state index contributed by atoms with van der Waals surface area (Å²) in [6.45, 7) is 17.2. The van der Waals surface area contributed by atoms with Gasteiger partial charge in [0.15, 0.2) is 34.5 Å². The van der Waals surface area contributed by atoms with Crippen molar-refractivity contribution in [3.8, 4) is 34.5 Å². The quantitative estimate of drug-likeness (QED) is 0.0341. The van der Waals surface area contributed by atoms with E-state index in [4.69, 9.17) is 28.4 Å². The zero-order valence-corrected chi connectivity index (χ0v) is 46.8. The van der Waals surface area contributed by atoms with Crippen molar-refractivity contribution in [2.45, 2.75) is 119 Å². The van der Waals surface area contributed by atoms with E-state index >= 15 is 0 Å². The Labute approximate surface area is 450 Å². The summed E-state index contributed by atoms with van der Waals surface area (Å²) in [5.41, 5.74) is 0. The van der Waals surface area contributed by atoms with Crippen LogP contribution in [0, 0.1) is 0 Å². The summed E-state index contributed by atoms with van der Waals surface area (Å²) in [6.07, 6.45) is 12.2. The van der Waals surface area contributed by atoms with Crippen molar-refractivity contribution in [3.63, 3.8) is 0 Å². The van der Waals surface area contributed by atoms with Gasteiger partial charge in [-0.25, -0.2) is 0 Å². The Kier molecular flexibility index (Phi) is 13.1. The maximum absolute atomic E-state index is 6.81. The van der Waals surface area contributed by atoms with Crippen molar-refractivity contribution in [3.05, 3.63) is 70.7 Å². The normalized spacial score (nSPS) is 12.6. The smallest absolute Gasteiger partial charge is 0.161 e. The predicted octanol–water partition coefficient (Wildman–Crippen LogP) is 21.1. The fourth-order valence-electron chi connectivity index (χ4n) is 12.3. The highest BCUT2D eigenvalue weighted by Crippen LogP contribution is 2.62. The van der Waals surface area contributed by atoms with Crippen LogP contribution < -0.4 is 28.4 Å². The molecule has 9 heteroatoms. The molecule has 13 rings (SSSR count). The molecule has 0 spiro atoms. The van der Waals surface area contributed by atoms with Gasteiger partial charge in [-0.3, -0.25) is 0 Å². The van der Waals surface area contributed by atoms with Crippen LogP contribution in [-0.4, -0.2) is 39.6 Å². The lowest BCUT2D eigenvalue weighted by Gasteiger charge is -2.27. The molecule has 75 heavy (non-hydrogen) atoms. The van der Waals surface area contributed by atoms with Gasteiger partial charge in [0.1, 0.15) is 0 Å². The first kappa shape index (κ1) is 48.6. The number of fused-ring (bicyclic) bond motifs is 18. The van der Waals surface area contributed by atoms with Crippen molar-refractivity contribution in [1.29, 1.82) is 0 Å². The van der Waals surface area contributed by atoms with Crippen molar-refractivity contribution < 1.29 is 28.4 Å². The first-order chi connectivity index (χ1) is 37.0. The second-order valence-electron chi connectivity index (χ2n) is 20.7. The largest absolute Gasteiger partial charge is 0.490 e. The van der Waals surface area contributed by atoms with E-state index in [2.05, 4.69) is 112 Å². The van der Waals surface area contributed by atoms with Crippen LogP contribution in [0.2, 0.25) is 0 Å². The Morgan fingerprint density at radius 2 is 0.453 bits per heavy atom. The fraction of sp³-hybridized carbons (Fsp3) is 0.364. The van der Waals surface area contributed by atoms with Gasteiger partial charge in [0, 0.05) is 78.7 Å². The van der Waals surface area contributed by atoms with Crippen LogP contribution >= 0.6 is 34.0 Å². The SMILES string of the molecule is CCCCOc1cc2c(cc1OCCCC)c1c3sccc3c3c4cc(OCCCC)c(OCCCC)cc4c4c5sccc5c5c6cc(OCCCC)c(OCCCC)cc6c6c7sccc7c2c2c1c3c4c5c62. The highest BCUT2D eigenvalue weighted by atomic mass is 32.1. The molecule has 0 bridgehead atoms. The Bertz CT molecular complexity index is 3510. The highest BCUT2D eigenvalue weighted by molar-refractivity contribution is 7.20. The lowest BCUT2D eigenvalue weighted by molar-refractivity contribution is 0.262. The number of thiophene rings is 3. The topological polar surface area (TPSA) is 55.4 Å². The van der Waals surface area contributed by atoms with Crippen LogP contribution in [0.3, 0.4) is 0 Å². The number of hydrogen-bond acceptors (Lipinski definition) is 9. The fourth-order valence-corrected chi connectivity index (χ4v) is 15.2. The standard InChI is InChI=1S/C66H66O6S3/c1-7-13-22-67-46-31-40-43(34-49(46)70-25-16-10-4)55-61-58-52(40)37-19-28-73-64(37)56-44-35-50(71-26-17-11-5)47(68-23-14-8-2)32-41(44)54-39-21-30-75-66(39)57-45-36-51(72-27-18-12-6)48(69-24-15-9-3)33-42(45)53(38-20-29-74-65(38)55)59(61)63(57)60(54)62(56)58/h19-21,28-36H,7-18,22-27H2,1-6H3. The van der Waals surface area contributed by atoms with Crippen LogP contribution in [0.25, 0.3) is 127 Å². The zero-order chi connectivity index (χ0) is 50.9. The van der Waals surface area contributed by atoms with E-state index in [-0.39, 0.29) is 0 Å². The van der Waals surface area contributed by atoms with Gasteiger partial charge < -0.3 is 28.4 Å². The Morgan fingerprint density at radius 3 is 0.667 bits per heavy atom. The monoisotopic (exact) mass is 1050 g/mol. The molecule has 384 valence electrons. The number of unbranched alkanes of at least 4 members (excludes halogenated alkanes) is 6. The molecule has 3 aromatic heterocycles. The van der Waals surface area contributed by atoms with Crippen LogP contribution in [0.1, 0.15) is 119 Å². The lowest BCUT2D eigenvalue weighted by atomic mass is 9.76. The van der Waals surface area contributed by atoms with Crippen LogP contribution in [0.4, 0.5) is 0 Å². The van der Waals surface area contributed by atoms with Crippen molar-refractivity contribution in [1.82, 2.24) is 0 Å². The first-order valence-electron chi connectivity index (χ1n) is 28.1. The number of benzene rings is 10. The third-order valence-corrected chi connectivity index (χ3v) is 18.7. The molecule has 6 nitrogen and oxygen atoms in total. The maximum atomic E-state index is 6.81. The molecule has 0 saturated heterocycles. The molecule has 0 unspecified atom stereocenters. The minimum Gasteiger partial charge on any atom is -0.490 e. The number of rotatable bonds is 24. The summed E-state index contributed by atoms with van der Waals surface area (Å²) in [4.78, 5) is 0. The Morgan fingerprint density at radius 1 is 0.253 bits per heavy atom. The summed E-state index contributed by atoms with van der Waals surface area (Å²) < 4.78 is 44.7. The van der Waals surface area contributed by atoms with Crippen molar-refractivity contribution in [2.24, 2.45) is 0 Å². The highest BCUT2D eigenvalue weighted by Gasteiger charge is 2.33. The number of ether oxygens (including phenoxy) is 6. The average Bonchev–Trinajstić information content (AvgIpc) is 4.27. The molecule has 0 amide bonds.